The molecule has 3 heteroatoms. The largest absolute Gasteiger partial charge is 0.334 e. The SMILES string of the molecule is CN1C(=O)c2cccc(F)c2[C@H](c2ccccc2)[C@H]1c1ccccc1. The van der Waals surface area contributed by atoms with Crippen molar-refractivity contribution in [2.24, 2.45) is 0 Å². The van der Waals surface area contributed by atoms with Gasteiger partial charge in [0, 0.05) is 24.1 Å². The van der Waals surface area contributed by atoms with Gasteiger partial charge in [-0.05, 0) is 23.3 Å². The second-order valence-electron chi connectivity index (χ2n) is 6.36. The summed E-state index contributed by atoms with van der Waals surface area (Å²) < 4.78 is 14.8. The van der Waals surface area contributed by atoms with Crippen molar-refractivity contribution in [3.63, 3.8) is 0 Å². The minimum atomic E-state index is -0.325. The standard InChI is InChI=1S/C22H18FNO/c1-24-21(16-11-6-3-7-12-16)19(15-9-4-2-5-10-15)20-17(22(24)25)13-8-14-18(20)23/h2-14,19,21H,1H3/t19-,21+/m0/s1. The fourth-order valence-corrected chi connectivity index (χ4v) is 3.81. The van der Waals surface area contributed by atoms with Gasteiger partial charge in [0.2, 0.25) is 0 Å². The van der Waals surface area contributed by atoms with E-state index in [1.165, 1.54) is 6.07 Å². The molecule has 2 nitrogen and oxygen atoms in total. The summed E-state index contributed by atoms with van der Waals surface area (Å²) in [5.74, 6) is -0.716. The van der Waals surface area contributed by atoms with Gasteiger partial charge in [0.05, 0.1) is 6.04 Å². The molecule has 1 heterocycles. The van der Waals surface area contributed by atoms with Gasteiger partial charge in [-0.15, -0.1) is 0 Å². The number of fused-ring (bicyclic) bond motifs is 1. The van der Waals surface area contributed by atoms with E-state index >= 15 is 0 Å². The molecule has 124 valence electrons. The van der Waals surface area contributed by atoms with Crippen molar-refractivity contribution in [3.8, 4) is 0 Å². The minimum Gasteiger partial charge on any atom is -0.334 e. The lowest BCUT2D eigenvalue weighted by molar-refractivity contribution is 0.0683. The van der Waals surface area contributed by atoms with Crippen LogP contribution >= 0.6 is 0 Å². The third kappa shape index (κ3) is 2.52. The van der Waals surface area contributed by atoms with Gasteiger partial charge in [0.25, 0.3) is 5.91 Å². The number of rotatable bonds is 2. The van der Waals surface area contributed by atoms with Crippen molar-refractivity contribution in [1.82, 2.24) is 4.90 Å². The van der Waals surface area contributed by atoms with E-state index in [1.54, 1.807) is 24.1 Å². The maximum atomic E-state index is 14.8. The van der Waals surface area contributed by atoms with Crippen molar-refractivity contribution in [3.05, 3.63) is 107 Å². The Labute approximate surface area is 146 Å². The van der Waals surface area contributed by atoms with Crippen LogP contribution in [0.25, 0.3) is 0 Å². The van der Waals surface area contributed by atoms with Gasteiger partial charge in [0.15, 0.2) is 0 Å². The molecule has 0 unspecified atom stereocenters. The molecule has 0 fully saturated rings. The van der Waals surface area contributed by atoms with Gasteiger partial charge in [-0.3, -0.25) is 4.79 Å². The molecule has 0 saturated heterocycles. The normalized spacial score (nSPS) is 19.6. The zero-order valence-corrected chi connectivity index (χ0v) is 13.9. The van der Waals surface area contributed by atoms with E-state index in [0.29, 0.717) is 11.1 Å². The number of halogens is 1. The Kier molecular flexibility index (Phi) is 3.85. The summed E-state index contributed by atoms with van der Waals surface area (Å²) in [7, 11) is 1.80. The van der Waals surface area contributed by atoms with E-state index in [0.717, 1.165) is 11.1 Å². The molecule has 1 aliphatic heterocycles. The van der Waals surface area contributed by atoms with Gasteiger partial charge in [-0.1, -0.05) is 66.7 Å². The molecule has 25 heavy (non-hydrogen) atoms. The number of amides is 1. The van der Waals surface area contributed by atoms with Crippen LogP contribution in [-0.2, 0) is 0 Å². The fourth-order valence-electron chi connectivity index (χ4n) is 3.81. The Balaban J connectivity index is 2.00. The number of hydrogen-bond acceptors (Lipinski definition) is 1. The van der Waals surface area contributed by atoms with Crippen molar-refractivity contribution >= 4 is 5.91 Å². The van der Waals surface area contributed by atoms with Crippen molar-refractivity contribution in [2.75, 3.05) is 7.05 Å². The Morgan fingerprint density at radius 3 is 2.04 bits per heavy atom. The summed E-state index contributed by atoms with van der Waals surface area (Å²) in [4.78, 5) is 14.6. The second-order valence-corrected chi connectivity index (χ2v) is 6.36. The first-order valence-electron chi connectivity index (χ1n) is 8.34. The number of likely N-dealkylation sites (N-methyl/N-ethyl adjacent to an activating group) is 1. The van der Waals surface area contributed by atoms with Gasteiger partial charge >= 0.3 is 0 Å². The number of benzene rings is 3. The van der Waals surface area contributed by atoms with Crippen molar-refractivity contribution < 1.29 is 9.18 Å². The Hall–Kier alpha value is -2.94. The molecule has 0 spiro atoms. The maximum Gasteiger partial charge on any atom is 0.254 e. The zero-order valence-electron chi connectivity index (χ0n) is 13.9. The monoisotopic (exact) mass is 331 g/mol. The third-order valence-corrected chi connectivity index (χ3v) is 4.95. The summed E-state index contributed by atoms with van der Waals surface area (Å²) in [6.45, 7) is 0. The molecule has 0 N–H and O–H groups in total. The van der Waals surface area contributed by atoms with E-state index in [-0.39, 0.29) is 23.7 Å². The molecule has 0 aromatic heterocycles. The van der Waals surface area contributed by atoms with E-state index in [4.69, 9.17) is 0 Å². The molecule has 2 atom stereocenters. The number of carbonyl (C=O) groups is 1. The highest BCUT2D eigenvalue weighted by Gasteiger charge is 2.41. The Morgan fingerprint density at radius 1 is 0.800 bits per heavy atom. The van der Waals surface area contributed by atoms with Crippen molar-refractivity contribution in [1.29, 1.82) is 0 Å². The van der Waals surface area contributed by atoms with Gasteiger partial charge in [-0.25, -0.2) is 4.39 Å². The van der Waals surface area contributed by atoms with E-state index in [9.17, 15) is 9.18 Å². The molecule has 0 radical (unpaired) electrons. The van der Waals surface area contributed by atoms with Crippen LogP contribution in [0.5, 0.6) is 0 Å². The molecule has 3 aromatic rings. The Morgan fingerprint density at radius 2 is 1.40 bits per heavy atom. The molecule has 1 amide bonds. The molecule has 3 aromatic carbocycles. The van der Waals surface area contributed by atoms with Crippen LogP contribution in [0.4, 0.5) is 4.39 Å². The molecule has 0 bridgehead atoms. The van der Waals surface area contributed by atoms with Crippen LogP contribution in [-0.4, -0.2) is 17.9 Å². The van der Waals surface area contributed by atoms with Gasteiger partial charge in [0.1, 0.15) is 5.82 Å². The van der Waals surface area contributed by atoms with E-state index < -0.39 is 0 Å². The van der Waals surface area contributed by atoms with Crippen LogP contribution in [0.15, 0.2) is 78.9 Å². The smallest absolute Gasteiger partial charge is 0.254 e. The summed E-state index contributed by atoms with van der Waals surface area (Å²) in [5.41, 5.74) is 2.94. The summed E-state index contributed by atoms with van der Waals surface area (Å²) >= 11 is 0. The molecule has 4 rings (SSSR count). The lowest BCUT2D eigenvalue weighted by Gasteiger charge is -2.41. The van der Waals surface area contributed by atoms with Gasteiger partial charge in [-0.2, -0.15) is 0 Å². The van der Waals surface area contributed by atoms with Crippen molar-refractivity contribution in [2.45, 2.75) is 12.0 Å². The van der Waals surface area contributed by atoms with Crippen LogP contribution in [0.2, 0.25) is 0 Å². The van der Waals surface area contributed by atoms with Crippen LogP contribution < -0.4 is 0 Å². The lowest BCUT2D eigenvalue weighted by Crippen LogP contribution is -2.41. The first-order chi connectivity index (χ1) is 12.2. The number of nitrogens with zero attached hydrogens (tertiary/aromatic N) is 1. The van der Waals surface area contributed by atoms with Crippen LogP contribution in [0.3, 0.4) is 0 Å². The number of carbonyl (C=O) groups excluding carboxylic acids is 1. The minimum absolute atomic E-state index is 0.143. The van der Waals surface area contributed by atoms with E-state index in [2.05, 4.69) is 0 Å². The number of hydrogen-bond donors (Lipinski definition) is 0. The molecule has 1 aliphatic rings. The van der Waals surface area contributed by atoms with Crippen LogP contribution in [0, 0.1) is 5.82 Å². The average molecular weight is 331 g/mol. The summed E-state index contributed by atoms with van der Waals surface area (Å²) in [6.07, 6.45) is 0. The topological polar surface area (TPSA) is 20.3 Å². The second kappa shape index (κ2) is 6.17. The lowest BCUT2D eigenvalue weighted by atomic mass is 9.76. The zero-order chi connectivity index (χ0) is 17.4. The summed E-state index contributed by atoms with van der Waals surface area (Å²) in [6, 6.07) is 24.2. The van der Waals surface area contributed by atoms with E-state index in [1.807, 2.05) is 60.7 Å². The Bertz CT molecular complexity index is 908. The maximum absolute atomic E-state index is 14.8. The first-order valence-corrected chi connectivity index (χ1v) is 8.34. The average Bonchev–Trinajstić information content (AvgIpc) is 2.66. The predicted molar refractivity (Wildman–Crippen MR) is 96.0 cm³/mol. The summed E-state index contributed by atoms with van der Waals surface area (Å²) in [5, 5.41) is 0. The fraction of sp³-hybridized carbons (Fsp3) is 0.136. The van der Waals surface area contributed by atoms with Crippen LogP contribution in [0.1, 0.15) is 39.0 Å². The van der Waals surface area contributed by atoms with Gasteiger partial charge < -0.3 is 4.90 Å². The molecule has 0 saturated carbocycles. The highest BCUT2D eigenvalue weighted by molar-refractivity contribution is 5.97. The third-order valence-electron chi connectivity index (χ3n) is 4.95. The molecular weight excluding hydrogens is 313 g/mol. The quantitative estimate of drug-likeness (QED) is 0.661. The molecular formula is C22H18FNO. The highest BCUT2D eigenvalue weighted by atomic mass is 19.1. The highest BCUT2D eigenvalue weighted by Crippen LogP contribution is 2.46. The predicted octanol–water partition coefficient (Wildman–Crippen LogP) is 4.78. The molecule has 0 aliphatic carbocycles. The first kappa shape index (κ1) is 15.6.